The van der Waals surface area contributed by atoms with Gasteiger partial charge in [-0.3, -0.25) is 4.79 Å². The van der Waals surface area contributed by atoms with Gasteiger partial charge < -0.3 is 14.3 Å². The molecule has 0 aliphatic heterocycles. The molecule has 1 amide bonds. The van der Waals surface area contributed by atoms with Crippen molar-refractivity contribution in [2.24, 2.45) is 0 Å². The molecule has 2 rings (SSSR count). The van der Waals surface area contributed by atoms with Crippen LogP contribution in [-0.2, 0) is 11.3 Å². The maximum atomic E-state index is 11.7. The molecule has 2 aromatic heterocycles. The molecule has 2 heterocycles. The molecule has 0 bridgehead atoms. The van der Waals surface area contributed by atoms with Gasteiger partial charge in [-0.15, -0.1) is 10.2 Å². The van der Waals surface area contributed by atoms with Crippen molar-refractivity contribution >= 4 is 17.7 Å². The summed E-state index contributed by atoms with van der Waals surface area (Å²) in [7, 11) is 0. The maximum Gasteiger partial charge on any atom is 0.277 e. The molecule has 8 heteroatoms. The molecule has 0 aliphatic carbocycles. The Labute approximate surface area is 121 Å². The van der Waals surface area contributed by atoms with Gasteiger partial charge in [-0.1, -0.05) is 11.8 Å². The van der Waals surface area contributed by atoms with Crippen molar-refractivity contribution in [3.63, 3.8) is 0 Å². The molecule has 20 heavy (non-hydrogen) atoms. The average Bonchev–Trinajstić information content (AvgIpc) is 3.02. The summed E-state index contributed by atoms with van der Waals surface area (Å²) in [4.78, 5) is 16.0. The first-order valence-electron chi connectivity index (χ1n) is 6.27. The Morgan fingerprint density at radius 3 is 2.95 bits per heavy atom. The van der Waals surface area contributed by atoms with E-state index in [0.717, 1.165) is 5.82 Å². The zero-order valence-electron chi connectivity index (χ0n) is 11.7. The van der Waals surface area contributed by atoms with E-state index in [9.17, 15) is 4.79 Å². The van der Waals surface area contributed by atoms with E-state index in [0.29, 0.717) is 23.7 Å². The molecule has 2 aromatic rings. The summed E-state index contributed by atoms with van der Waals surface area (Å²) < 4.78 is 7.20. The molecule has 1 N–H and O–H groups in total. The average molecular weight is 295 g/mol. The van der Waals surface area contributed by atoms with E-state index < -0.39 is 0 Å². The molecule has 108 valence electrons. The Bertz CT molecular complexity index is 578. The molecule has 0 radical (unpaired) electrons. The second-order valence-corrected chi connectivity index (χ2v) is 5.42. The Morgan fingerprint density at radius 2 is 2.30 bits per heavy atom. The van der Waals surface area contributed by atoms with Crippen molar-refractivity contribution in [3.05, 3.63) is 24.1 Å². The van der Waals surface area contributed by atoms with E-state index in [1.165, 1.54) is 11.8 Å². The largest absolute Gasteiger partial charge is 0.416 e. The van der Waals surface area contributed by atoms with Gasteiger partial charge >= 0.3 is 0 Å². The predicted molar refractivity (Wildman–Crippen MR) is 74.2 cm³/mol. The van der Waals surface area contributed by atoms with Crippen LogP contribution in [0.4, 0.5) is 0 Å². The fraction of sp³-hybridized carbons (Fsp3) is 0.500. The predicted octanol–water partition coefficient (Wildman–Crippen LogP) is 1.56. The number of hydrogen-bond donors (Lipinski definition) is 1. The summed E-state index contributed by atoms with van der Waals surface area (Å²) in [6, 6.07) is 0.320. The number of amides is 1. The molecule has 7 nitrogen and oxygen atoms in total. The Hall–Kier alpha value is -1.83. The van der Waals surface area contributed by atoms with Crippen LogP contribution in [0.1, 0.15) is 31.6 Å². The minimum atomic E-state index is -0.0934. The first-order chi connectivity index (χ1) is 9.56. The number of aryl methyl sites for hydroxylation is 1. The van der Waals surface area contributed by atoms with Crippen molar-refractivity contribution in [1.29, 1.82) is 0 Å². The number of nitrogens with zero attached hydrogens (tertiary/aromatic N) is 4. The highest BCUT2D eigenvalue weighted by Crippen LogP contribution is 2.15. The highest BCUT2D eigenvalue weighted by molar-refractivity contribution is 7.99. The van der Waals surface area contributed by atoms with E-state index in [1.807, 2.05) is 10.8 Å². The number of carbonyl (C=O) groups is 1. The van der Waals surface area contributed by atoms with Crippen LogP contribution < -0.4 is 5.32 Å². The second kappa shape index (κ2) is 6.56. The van der Waals surface area contributed by atoms with E-state index >= 15 is 0 Å². The highest BCUT2D eigenvalue weighted by Gasteiger charge is 2.10. The number of rotatable bonds is 6. The van der Waals surface area contributed by atoms with Gasteiger partial charge in [-0.05, 0) is 13.8 Å². The number of carbonyl (C=O) groups excluding carboxylic acids is 1. The third kappa shape index (κ3) is 3.83. The van der Waals surface area contributed by atoms with E-state index in [4.69, 9.17) is 4.42 Å². The van der Waals surface area contributed by atoms with Crippen LogP contribution in [-0.4, -0.2) is 31.4 Å². The van der Waals surface area contributed by atoms with Crippen LogP contribution in [0, 0.1) is 6.92 Å². The zero-order valence-corrected chi connectivity index (χ0v) is 12.5. The normalized spacial score (nSPS) is 11.0. The van der Waals surface area contributed by atoms with Gasteiger partial charge in [-0.2, -0.15) is 0 Å². The summed E-state index contributed by atoms with van der Waals surface area (Å²) in [6.45, 7) is 6.26. The van der Waals surface area contributed by atoms with Crippen LogP contribution >= 0.6 is 11.8 Å². The quantitative estimate of drug-likeness (QED) is 0.814. The summed E-state index contributed by atoms with van der Waals surface area (Å²) in [5, 5.41) is 10.7. The lowest BCUT2D eigenvalue weighted by molar-refractivity contribution is -0.118. The second-order valence-electron chi connectivity index (χ2n) is 4.50. The van der Waals surface area contributed by atoms with Crippen molar-refractivity contribution in [2.45, 2.75) is 38.6 Å². The fourth-order valence-corrected chi connectivity index (χ4v) is 2.28. The molecule has 0 spiro atoms. The summed E-state index contributed by atoms with van der Waals surface area (Å²) >= 11 is 1.22. The molecule has 0 unspecified atom stereocenters. The minimum absolute atomic E-state index is 0.0934. The third-order valence-corrected chi connectivity index (χ3v) is 3.40. The number of hydrogen-bond acceptors (Lipinski definition) is 6. The molecular weight excluding hydrogens is 278 g/mol. The van der Waals surface area contributed by atoms with Crippen LogP contribution in [0.25, 0.3) is 0 Å². The van der Waals surface area contributed by atoms with Crippen molar-refractivity contribution in [2.75, 3.05) is 5.75 Å². The van der Waals surface area contributed by atoms with Gasteiger partial charge in [-0.25, -0.2) is 4.98 Å². The first kappa shape index (κ1) is 14.6. The standard InChI is InChI=1S/C12H17N5O2S/c1-8(2)17-5-4-13-10(17)6-14-11(18)7-20-12-16-15-9(3)19-12/h4-5,8H,6-7H2,1-3H3,(H,14,18). The number of thioether (sulfide) groups is 1. The van der Waals surface area contributed by atoms with Crippen LogP contribution in [0.3, 0.4) is 0 Å². The van der Waals surface area contributed by atoms with Crippen molar-refractivity contribution in [1.82, 2.24) is 25.1 Å². The third-order valence-electron chi connectivity index (χ3n) is 2.58. The molecule has 0 aliphatic rings. The monoisotopic (exact) mass is 295 g/mol. The van der Waals surface area contributed by atoms with Gasteiger partial charge in [0.15, 0.2) is 0 Å². The van der Waals surface area contributed by atoms with Gasteiger partial charge in [0.05, 0.1) is 12.3 Å². The summed E-state index contributed by atoms with van der Waals surface area (Å²) in [6.07, 6.45) is 3.64. The lowest BCUT2D eigenvalue weighted by Gasteiger charge is -2.11. The molecule has 0 atom stereocenters. The zero-order chi connectivity index (χ0) is 14.5. The fourth-order valence-electron chi connectivity index (χ4n) is 1.64. The minimum Gasteiger partial charge on any atom is -0.416 e. The van der Waals surface area contributed by atoms with E-state index in [1.54, 1.807) is 13.1 Å². The van der Waals surface area contributed by atoms with E-state index in [2.05, 4.69) is 34.3 Å². The molecule has 0 saturated heterocycles. The van der Waals surface area contributed by atoms with Crippen LogP contribution in [0.2, 0.25) is 0 Å². The van der Waals surface area contributed by atoms with Crippen molar-refractivity contribution in [3.8, 4) is 0 Å². The summed E-state index contributed by atoms with van der Waals surface area (Å²) in [5.74, 6) is 1.48. The highest BCUT2D eigenvalue weighted by atomic mass is 32.2. The van der Waals surface area contributed by atoms with Gasteiger partial charge in [0.25, 0.3) is 5.22 Å². The number of aromatic nitrogens is 4. The Morgan fingerprint density at radius 1 is 1.50 bits per heavy atom. The molecule has 0 saturated carbocycles. The Balaban J connectivity index is 1.79. The van der Waals surface area contributed by atoms with Gasteiger partial charge in [0.1, 0.15) is 5.82 Å². The smallest absolute Gasteiger partial charge is 0.277 e. The SMILES string of the molecule is Cc1nnc(SCC(=O)NCc2nccn2C(C)C)o1. The van der Waals surface area contributed by atoms with Gasteiger partial charge in [0, 0.05) is 25.4 Å². The van der Waals surface area contributed by atoms with E-state index in [-0.39, 0.29) is 11.7 Å². The maximum absolute atomic E-state index is 11.7. The van der Waals surface area contributed by atoms with Crippen LogP contribution in [0.5, 0.6) is 0 Å². The first-order valence-corrected chi connectivity index (χ1v) is 7.26. The molecule has 0 fully saturated rings. The van der Waals surface area contributed by atoms with Gasteiger partial charge in [0.2, 0.25) is 11.8 Å². The van der Waals surface area contributed by atoms with Crippen LogP contribution in [0.15, 0.2) is 22.0 Å². The molecular formula is C12H17N5O2S. The lowest BCUT2D eigenvalue weighted by Crippen LogP contribution is -2.26. The van der Waals surface area contributed by atoms with Crippen molar-refractivity contribution < 1.29 is 9.21 Å². The number of nitrogens with one attached hydrogen (secondary N) is 1. The lowest BCUT2D eigenvalue weighted by atomic mass is 10.4. The number of imidazole rings is 1. The summed E-state index contributed by atoms with van der Waals surface area (Å²) in [5.41, 5.74) is 0. The Kier molecular flexibility index (Phi) is 4.78. The topological polar surface area (TPSA) is 85.8 Å². The molecule has 0 aromatic carbocycles.